The van der Waals surface area contributed by atoms with E-state index >= 15 is 0 Å². The monoisotopic (exact) mass is 209 g/mol. The Kier molecular flexibility index (Phi) is 5.29. The van der Waals surface area contributed by atoms with Gasteiger partial charge in [-0.25, -0.2) is 0 Å². The van der Waals surface area contributed by atoms with Gasteiger partial charge in [-0.15, -0.1) is 12.4 Å². The van der Waals surface area contributed by atoms with Crippen LogP contribution in [0.4, 0.5) is 0 Å². The molecule has 1 heterocycles. The maximum Gasteiger partial charge on any atom is 0.320 e. The summed E-state index contributed by atoms with van der Waals surface area (Å²) in [5, 5.41) is 11.5. The van der Waals surface area contributed by atoms with Crippen LogP contribution < -0.4 is 5.32 Å². The third-order valence-electron chi connectivity index (χ3n) is 1.85. The third-order valence-corrected chi connectivity index (χ3v) is 1.85. The SMILES string of the molecule is CC(C)O[C@H]1CN[C@H](C(=O)O)C1.Cl. The van der Waals surface area contributed by atoms with Crippen molar-refractivity contribution in [3.63, 3.8) is 0 Å². The quantitative estimate of drug-likeness (QED) is 0.717. The van der Waals surface area contributed by atoms with Gasteiger partial charge in [-0.1, -0.05) is 0 Å². The molecule has 2 atom stereocenters. The molecule has 0 spiro atoms. The Balaban J connectivity index is 0.00000144. The summed E-state index contributed by atoms with van der Waals surface area (Å²) < 4.78 is 5.47. The molecule has 1 aliphatic rings. The number of carboxylic acid groups (broad SMARTS) is 1. The summed E-state index contributed by atoms with van der Waals surface area (Å²) in [6.45, 7) is 4.55. The molecule has 0 saturated carbocycles. The average Bonchev–Trinajstić information content (AvgIpc) is 2.34. The summed E-state index contributed by atoms with van der Waals surface area (Å²) in [5.41, 5.74) is 0. The molecule has 1 fully saturated rings. The standard InChI is InChI=1S/C8H15NO3.ClH/c1-5(2)12-6-3-7(8(10)11)9-4-6;/h5-7,9H,3-4H2,1-2H3,(H,10,11);1H/t6-,7+;/m1./s1. The Labute approximate surface area is 84.1 Å². The smallest absolute Gasteiger partial charge is 0.320 e. The van der Waals surface area contributed by atoms with Crippen molar-refractivity contribution >= 4 is 18.4 Å². The molecule has 0 radical (unpaired) electrons. The molecule has 1 rings (SSSR count). The van der Waals surface area contributed by atoms with E-state index in [-0.39, 0.29) is 24.6 Å². The minimum atomic E-state index is -0.787. The predicted molar refractivity (Wildman–Crippen MR) is 51.3 cm³/mol. The summed E-state index contributed by atoms with van der Waals surface area (Å²) in [4.78, 5) is 10.5. The second-order valence-corrected chi connectivity index (χ2v) is 3.34. The zero-order valence-electron chi connectivity index (χ0n) is 7.82. The molecule has 1 aliphatic heterocycles. The third kappa shape index (κ3) is 3.93. The van der Waals surface area contributed by atoms with E-state index in [1.54, 1.807) is 0 Å². The Bertz CT molecular complexity index is 175. The number of carbonyl (C=O) groups is 1. The Morgan fingerprint density at radius 1 is 1.62 bits per heavy atom. The van der Waals surface area contributed by atoms with E-state index in [0.717, 1.165) is 0 Å². The van der Waals surface area contributed by atoms with Gasteiger partial charge >= 0.3 is 5.97 Å². The van der Waals surface area contributed by atoms with Gasteiger partial charge in [0.05, 0.1) is 12.2 Å². The number of halogens is 1. The van der Waals surface area contributed by atoms with Gasteiger partial charge in [-0.3, -0.25) is 4.79 Å². The molecule has 0 aromatic heterocycles. The highest BCUT2D eigenvalue weighted by atomic mass is 35.5. The molecule has 0 unspecified atom stereocenters. The van der Waals surface area contributed by atoms with Crippen LogP contribution in [0.2, 0.25) is 0 Å². The fourth-order valence-corrected chi connectivity index (χ4v) is 1.38. The molecule has 78 valence electrons. The van der Waals surface area contributed by atoms with Crippen molar-refractivity contribution in [2.45, 2.75) is 38.5 Å². The largest absolute Gasteiger partial charge is 0.480 e. The Morgan fingerprint density at radius 3 is 2.62 bits per heavy atom. The second kappa shape index (κ2) is 5.42. The van der Waals surface area contributed by atoms with Gasteiger partial charge in [0.25, 0.3) is 0 Å². The maximum absolute atomic E-state index is 10.5. The van der Waals surface area contributed by atoms with E-state index in [9.17, 15) is 4.79 Å². The van der Waals surface area contributed by atoms with Gasteiger partial charge in [0, 0.05) is 13.0 Å². The summed E-state index contributed by atoms with van der Waals surface area (Å²) in [6, 6.07) is -0.422. The van der Waals surface area contributed by atoms with E-state index in [1.807, 2.05) is 13.8 Å². The van der Waals surface area contributed by atoms with Crippen molar-refractivity contribution in [2.75, 3.05) is 6.54 Å². The average molecular weight is 210 g/mol. The molecule has 0 bridgehead atoms. The van der Waals surface area contributed by atoms with Crippen LogP contribution in [0.3, 0.4) is 0 Å². The maximum atomic E-state index is 10.5. The van der Waals surface area contributed by atoms with Crippen molar-refractivity contribution in [1.82, 2.24) is 5.32 Å². The molecule has 0 aliphatic carbocycles. The van der Waals surface area contributed by atoms with Crippen molar-refractivity contribution in [2.24, 2.45) is 0 Å². The number of rotatable bonds is 3. The van der Waals surface area contributed by atoms with Crippen LogP contribution in [0.25, 0.3) is 0 Å². The number of hydrogen-bond acceptors (Lipinski definition) is 3. The molecule has 1 saturated heterocycles. The molecule has 0 amide bonds. The normalized spacial score (nSPS) is 27.3. The first-order valence-corrected chi connectivity index (χ1v) is 4.21. The van der Waals surface area contributed by atoms with Crippen molar-refractivity contribution < 1.29 is 14.6 Å². The number of aliphatic carboxylic acids is 1. The molecular formula is C8H16ClNO3. The molecule has 5 heteroatoms. The van der Waals surface area contributed by atoms with Gasteiger partial charge in [0.15, 0.2) is 0 Å². The van der Waals surface area contributed by atoms with Crippen LogP contribution in [0.1, 0.15) is 20.3 Å². The van der Waals surface area contributed by atoms with E-state index in [4.69, 9.17) is 9.84 Å². The number of carboxylic acids is 1. The first-order valence-electron chi connectivity index (χ1n) is 4.21. The van der Waals surface area contributed by atoms with E-state index < -0.39 is 12.0 Å². The molecular weight excluding hydrogens is 194 g/mol. The minimum Gasteiger partial charge on any atom is -0.480 e. The number of hydrogen-bond donors (Lipinski definition) is 2. The molecule has 13 heavy (non-hydrogen) atoms. The highest BCUT2D eigenvalue weighted by Gasteiger charge is 2.29. The van der Waals surface area contributed by atoms with Crippen molar-refractivity contribution in [3.8, 4) is 0 Å². The first kappa shape index (κ1) is 12.7. The highest BCUT2D eigenvalue weighted by molar-refractivity contribution is 5.85. The lowest BCUT2D eigenvalue weighted by molar-refractivity contribution is -0.139. The van der Waals surface area contributed by atoms with Crippen LogP contribution in [0.15, 0.2) is 0 Å². The zero-order valence-corrected chi connectivity index (χ0v) is 8.63. The minimum absolute atomic E-state index is 0. The first-order chi connectivity index (χ1) is 5.59. The topological polar surface area (TPSA) is 58.6 Å². The fraction of sp³-hybridized carbons (Fsp3) is 0.875. The van der Waals surface area contributed by atoms with Crippen LogP contribution in [-0.2, 0) is 9.53 Å². The zero-order chi connectivity index (χ0) is 9.14. The van der Waals surface area contributed by atoms with Gasteiger partial charge in [-0.05, 0) is 13.8 Å². The lowest BCUT2D eigenvalue weighted by atomic mass is 10.2. The predicted octanol–water partition coefficient (Wildman–Crippen LogP) is 0.648. The van der Waals surface area contributed by atoms with Gasteiger partial charge < -0.3 is 15.2 Å². The fourth-order valence-electron chi connectivity index (χ4n) is 1.38. The van der Waals surface area contributed by atoms with Gasteiger partial charge in [0.2, 0.25) is 0 Å². The van der Waals surface area contributed by atoms with Crippen molar-refractivity contribution in [1.29, 1.82) is 0 Å². The van der Waals surface area contributed by atoms with E-state index in [0.29, 0.717) is 13.0 Å². The number of ether oxygens (including phenoxy) is 1. The van der Waals surface area contributed by atoms with Crippen LogP contribution in [0, 0.1) is 0 Å². The number of nitrogens with one attached hydrogen (secondary N) is 1. The second-order valence-electron chi connectivity index (χ2n) is 3.34. The summed E-state index contributed by atoms with van der Waals surface area (Å²) in [7, 11) is 0. The van der Waals surface area contributed by atoms with Crippen LogP contribution in [-0.4, -0.2) is 35.9 Å². The van der Waals surface area contributed by atoms with E-state index in [2.05, 4.69) is 5.32 Å². The van der Waals surface area contributed by atoms with Crippen LogP contribution >= 0.6 is 12.4 Å². The Hall–Kier alpha value is -0.320. The van der Waals surface area contributed by atoms with Gasteiger partial charge in [-0.2, -0.15) is 0 Å². The summed E-state index contributed by atoms with van der Waals surface area (Å²) in [6.07, 6.45) is 0.809. The van der Waals surface area contributed by atoms with E-state index in [1.165, 1.54) is 0 Å². The molecule has 4 nitrogen and oxygen atoms in total. The van der Waals surface area contributed by atoms with Gasteiger partial charge in [0.1, 0.15) is 6.04 Å². The lowest BCUT2D eigenvalue weighted by Gasteiger charge is -2.13. The highest BCUT2D eigenvalue weighted by Crippen LogP contribution is 2.12. The molecule has 2 N–H and O–H groups in total. The molecule has 0 aromatic rings. The summed E-state index contributed by atoms with van der Waals surface area (Å²) >= 11 is 0. The molecule has 0 aromatic carbocycles. The summed E-state index contributed by atoms with van der Waals surface area (Å²) in [5.74, 6) is -0.787. The van der Waals surface area contributed by atoms with Crippen molar-refractivity contribution in [3.05, 3.63) is 0 Å². The lowest BCUT2D eigenvalue weighted by Crippen LogP contribution is -2.30. The Morgan fingerprint density at radius 2 is 2.23 bits per heavy atom. The van der Waals surface area contributed by atoms with Crippen LogP contribution in [0.5, 0.6) is 0 Å².